The van der Waals surface area contributed by atoms with Gasteiger partial charge in [-0.25, -0.2) is 0 Å². The molecule has 1 saturated carbocycles. The van der Waals surface area contributed by atoms with Crippen LogP contribution in [0.1, 0.15) is 23.4 Å². The Morgan fingerprint density at radius 3 is 3.05 bits per heavy atom. The number of rotatable bonds is 5. The van der Waals surface area contributed by atoms with Gasteiger partial charge in [-0.1, -0.05) is 17.4 Å². The van der Waals surface area contributed by atoms with Gasteiger partial charge in [0, 0.05) is 18.8 Å². The molecule has 2 aromatic rings. The Labute approximate surface area is 115 Å². The first kappa shape index (κ1) is 12.2. The predicted molar refractivity (Wildman–Crippen MR) is 72.9 cm³/mol. The number of nitrogens with one attached hydrogen (secondary N) is 1. The lowest BCUT2D eigenvalue weighted by molar-refractivity contribution is -0.115. The van der Waals surface area contributed by atoms with E-state index in [1.807, 2.05) is 12.1 Å². The molecular formula is C13H14N4OS. The van der Waals surface area contributed by atoms with Crippen LogP contribution in [-0.2, 0) is 17.6 Å². The zero-order valence-corrected chi connectivity index (χ0v) is 11.2. The summed E-state index contributed by atoms with van der Waals surface area (Å²) in [7, 11) is 0. The van der Waals surface area contributed by atoms with Crippen LogP contribution in [0.5, 0.6) is 0 Å². The molecule has 1 amide bonds. The van der Waals surface area contributed by atoms with E-state index in [4.69, 9.17) is 0 Å². The van der Waals surface area contributed by atoms with E-state index < -0.39 is 0 Å². The van der Waals surface area contributed by atoms with Crippen molar-refractivity contribution in [1.82, 2.24) is 15.2 Å². The standard InChI is InChI=1S/C13H14N4OS/c18-11(6-10-2-1-5-14-8-10)15-13-17-16-12(19-13)7-9-3-4-9/h1-2,5,8-9H,3-4,6-7H2,(H,15,17,18). The molecule has 2 aromatic heterocycles. The summed E-state index contributed by atoms with van der Waals surface area (Å²) in [5.74, 6) is 0.703. The molecule has 5 nitrogen and oxygen atoms in total. The zero-order chi connectivity index (χ0) is 13.1. The Hall–Kier alpha value is -1.82. The lowest BCUT2D eigenvalue weighted by Gasteiger charge is -2.00. The van der Waals surface area contributed by atoms with Crippen molar-refractivity contribution in [3.05, 3.63) is 35.1 Å². The van der Waals surface area contributed by atoms with E-state index in [1.165, 1.54) is 24.2 Å². The van der Waals surface area contributed by atoms with E-state index in [0.29, 0.717) is 11.6 Å². The summed E-state index contributed by atoms with van der Waals surface area (Å²) in [6.07, 6.45) is 7.28. The van der Waals surface area contributed by atoms with Crippen molar-refractivity contribution in [1.29, 1.82) is 0 Å². The van der Waals surface area contributed by atoms with Crippen LogP contribution in [0.15, 0.2) is 24.5 Å². The Balaban J connectivity index is 1.55. The molecular weight excluding hydrogens is 260 g/mol. The molecule has 0 saturated heterocycles. The van der Waals surface area contributed by atoms with Gasteiger partial charge in [0.15, 0.2) is 0 Å². The van der Waals surface area contributed by atoms with Gasteiger partial charge < -0.3 is 5.32 Å². The summed E-state index contributed by atoms with van der Waals surface area (Å²) in [4.78, 5) is 15.8. The van der Waals surface area contributed by atoms with E-state index >= 15 is 0 Å². The summed E-state index contributed by atoms with van der Waals surface area (Å²) >= 11 is 1.47. The van der Waals surface area contributed by atoms with Crippen molar-refractivity contribution < 1.29 is 4.79 Å². The molecule has 19 heavy (non-hydrogen) atoms. The first-order chi connectivity index (χ1) is 9.29. The van der Waals surface area contributed by atoms with Crippen molar-refractivity contribution in [3.63, 3.8) is 0 Å². The molecule has 1 aliphatic rings. The molecule has 0 bridgehead atoms. The minimum atomic E-state index is -0.0814. The number of nitrogens with zero attached hydrogens (tertiary/aromatic N) is 3. The second kappa shape index (κ2) is 5.44. The molecule has 3 rings (SSSR count). The van der Waals surface area contributed by atoms with Gasteiger partial charge in [0.25, 0.3) is 0 Å². The molecule has 2 heterocycles. The number of hydrogen-bond donors (Lipinski definition) is 1. The molecule has 0 unspecified atom stereocenters. The van der Waals surface area contributed by atoms with E-state index in [-0.39, 0.29) is 5.91 Å². The summed E-state index contributed by atoms with van der Waals surface area (Å²) in [5, 5.41) is 12.5. The largest absolute Gasteiger partial charge is 0.300 e. The highest BCUT2D eigenvalue weighted by atomic mass is 32.1. The summed E-state index contributed by atoms with van der Waals surface area (Å²) in [6.45, 7) is 0. The van der Waals surface area contributed by atoms with Crippen molar-refractivity contribution in [3.8, 4) is 0 Å². The van der Waals surface area contributed by atoms with Crippen LogP contribution in [0.4, 0.5) is 5.13 Å². The predicted octanol–water partition coefficient (Wildman–Crippen LogP) is 2.07. The van der Waals surface area contributed by atoms with Crippen LogP contribution in [0.2, 0.25) is 0 Å². The van der Waals surface area contributed by atoms with E-state index in [1.54, 1.807) is 12.4 Å². The fraction of sp³-hybridized carbons (Fsp3) is 0.385. The molecule has 0 aliphatic heterocycles. The number of anilines is 1. The van der Waals surface area contributed by atoms with Crippen molar-refractivity contribution >= 4 is 22.4 Å². The zero-order valence-electron chi connectivity index (χ0n) is 10.4. The third-order valence-corrected chi connectivity index (χ3v) is 3.82. The van der Waals surface area contributed by atoms with Gasteiger partial charge in [0.05, 0.1) is 6.42 Å². The monoisotopic (exact) mass is 274 g/mol. The average Bonchev–Trinajstić information content (AvgIpc) is 3.10. The lowest BCUT2D eigenvalue weighted by Crippen LogP contribution is -2.14. The van der Waals surface area contributed by atoms with Gasteiger partial charge in [-0.05, 0) is 30.4 Å². The third kappa shape index (κ3) is 3.57. The van der Waals surface area contributed by atoms with E-state index in [2.05, 4.69) is 20.5 Å². The first-order valence-electron chi connectivity index (χ1n) is 6.31. The quantitative estimate of drug-likeness (QED) is 0.906. The minimum Gasteiger partial charge on any atom is -0.300 e. The molecule has 1 aliphatic carbocycles. The molecule has 98 valence electrons. The molecule has 0 atom stereocenters. The van der Waals surface area contributed by atoms with Crippen LogP contribution in [-0.4, -0.2) is 21.1 Å². The van der Waals surface area contributed by atoms with E-state index in [0.717, 1.165) is 22.9 Å². The van der Waals surface area contributed by atoms with Crippen molar-refractivity contribution in [2.24, 2.45) is 5.92 Å². The van der Waals surface area contributed by atoms with Crippen molar-refractivity contribution in [2.45, 2.75) is 25.7 Å². The van der Waals surface area contributed by atoms with Gasteiger partial charge in [-0.3, -0.25) is 9.78 Å². The second-order valence-electron chi connectivity index (χ2n) is 4.73. The van der Waals surface area contributed by atoms with Gasteiger partial charge >= 0.3 is 0 Å². The molecule has 0 radical (unpaired) electrons. The number of hydrogen-bond acceptors (Lipinski definition) is 5. The normalized spacial score (nSPS) is 14.3. The van der Waals surface area contributed by atoms with Gasteiger partial charge in [-0.15, -0.1) is 10.2 Å². The molecule has 0 aromatic carbocycles. The summed E-state index contributed by atoms with van der Waals surface area (Å²) < 4.78 is 0. The Morgan fingerprint density at radius 2 is 2.32 bits per heavy atom. The number of carbonyl (C=O) groups is 1. The van der Waals surface area contributed by atoms with Crippen LogP contribution in [0.25, 0.3) is 0 Å². The van der Waals surface area contributed by atoms with Crippen LogP contribution >= 0.6 is 11.3 Å². The summed E-state index contributed by atoms with van der Waals surface area (Å²) in [5.41, 5.74) is 0.891. The third-order valence-electron chi connectivity index (χ3n) is 2.96. The van der Waals surface area contributed by atoms with Crippen LogP contribution < -0.4 is 5.32 Å². The molecule has 0 spiro atoms. The number of amides is 1. The topological polar surface area (TPSA) is 67.8 Å². The van der Waals surface area contributed by atoms with Gasteiger partial charge in [0.2, 0.25) is 11.0 Å². The van der Waals surface area contributed by atoms with Gasteiger partial charge in [0.1, 0.15) is 5.01 Å². The highest BCUT2D eigenvalue weighted by Crippen LogP contribution is 2.33. The Bertz CT molecular complexity index is 565. The molecule has 1 N–H and O–H groups in total. The fourth-order valence-electron chi connectivity index (χ4n) is 1.81. The van der Waals surface area contributed by atoms with Crippen LogP contribution in [0.3, 0.4) is 0 Å². The number of carbonyl (C=O) groups excluding carboxylic acids is 1. The van der Waals surface area contributed by atoms with Crippen molar-refractivity contribution in [2.75, 3.05) is 5.32 Å². The highest BCUT2D eigenvalue weighted by Gasteiger charge is 2.23. The average molecular weight is 274 g/mol. The smallest absolute Gasteiger partial charge is 0.230 e. The highest BCUT2D eigenvalue weighted by molar-refractivity contribution is 7.15. The maximum absolute atomic E-state index is 11.8. The minimum absolute atomic E-state index is 0.0814. The maximum Gasteiger partial charge on any atom is 0.230 e. The first-order valence-corrected chi connectivity index (χ1v) is 7.12. The van der Waals surface area contributed by atoms with E-state index in [9.17, 15) is 4.79 Å². The fourth-order valence-corrected chi connectivity index (χ4v) is 2.68. The number of aromatic nitrogens is 3. The molecule has 1 fully saturated rings. The molecule has 6 heteroatoms. The number of pyridine rings is 1. The SMILES string of the molecule is O=C(Cc1cccnc1)Nc1nnc(CC2CC2)s1. The van der Waals surface area contributed by atoms with Gasteiger partial charge in [-0.2, -0.15) is 0 Å². The second-order valence-corrected chi connectivity index (χ2v) is 5.80. The Kier molecular flexibility index (Phi) is 3.50. The summed E-state index contributed by atoms with van der Waals surface area (Å²) in [6, 6.07) is 3.70. The lowest BCUT2D eigenvalue weighted by atomic mass is 10.2. The maximum atomic E-state index is 11.8. The van der Waals surface area contributed by atoms with Crippen LogP contribution in [0, 0.1) is 5.92 Å². The Morgan fingerprint density at radius 1 is 1.42 bits per heavy atom.